The zero-order chi connectivity index (χ0) is 28.4. The van der Waals surface area contributed by atoms with Crippen molar-refractivity contribution in [1.82, 2.24) is 0 Å². The summed E-state index contributed by atoms with van der Waals surface area (Å²) in [7, 11) is 0. The molecule has 0 N–H and O–H groups in total. The van der Waals surface area contributed by atoms with Crippen molar-refractivity contribution in [2.24, 2.45) is 17.8 Å². The summed E-state index contributed by atoms with van der Waals surface area (Å²) >= 11 is 0. The summed E-state index contributed by atoms with van der Waals surface area (Å²) in [6.07, 6.45) is 7.21. The molecule has 3 rings (SSSR count). The van der Waals surface area contributed by atoms with Crippen molar-refractivity contribution in [2.45, 2.75) is 113 Å². The van der Waals surface area contributed by atoms with Gasteiger partial charge in [-0.15, -0.1) is 0 Å². The van der Waals surface area contributed by atoms with Crippen LogP contribution in [0.3, 0.4) is 0 Å². The van der Waals surface area contributed by atoms with Crippen LogP contribution in [-0.4, -0.2) is 17.3 Å². The van der Waals surface area contributed by atoms with Crippen molar-refractivity contribution in [1.29, 1.82) is 0 Å². The molecule has 208 valence electrons. The van der Waals surface area contributed by atoms with E-state index in [1.807, 2.05) is 6.92 Å². The van der Waals surface area contributed by atoms with E-state index in [-0.39, 0.29) is 41.5 Å². The summed E-state index contributed by atoms with van der Waals surface area (Å²) in [6, 6.07) is 10.9. The minimum absolute atomic E-state index is 0.0294. The number of hydrogen-bond donors (Lipinski definition) is 0. The van der Waals surface area contributed by atoms with Crippen molar-refractivity contribution in [2.75, 3.05) is 0 Å². The van der Waals surface area contributed by atoms with Crippen LogP contribution < -0.4 is 0 Å². The average molecular weight is 519 g/mol. The molecule has 0 fully saturated rings. The van der Waals surface area contributed by atoms with E-state index in [0.717, 1.165) is 49.7 Å². The highest BCUT2D eigenvalue weighted by atomic mass is 16.1. The molecular weight excluding hydrogens is 468 g/mol. The van der Waals surface area contributed by atoms with E-state index in [1.54, 1.807) is 0 Å². The highest BCUT2D eigenvalue weighted by molar-refractivity contribution is 6.02. The van der Waals surface area contributed by atoms with Gasteiger partial charge >= 0.3 is 0 Å². The van der Waals surface area contributed by atoms with E-state index in [1.165, 1.54) is 41.2 Å². The molecule has 0 heterocycles. The summed E-state index contributed by atoms with van der Waals surface area (Å²) in [5, 5.41) is 0. The SMILES string of the molecule is CCC.CCCC(CC1CC(=O)c2c(C)ccc(-c3cc(C)ccc3CC)c2C1)C(CC)C(=O)CC(C)=O. The van der Waals surface area contributed by atoms with Gasteiger partial charge in [0.25, 0.3) is 0 Å². The standard InChI is InChI=1S/C32H42O3.C3H8/c1-7-10-25(26(9-3)30(34)16-22(6)33)17-23-18-29-27(14-12-21(5)32(29)31(35)19-23)28-15-20(4)11-13-24(28)8-2;1-3-2/h11-15,23,25-26H,7-10,16-19H2,1-6H3;3H2,1-2H3. The van der Waals surface area contributed by atoms with E-state index >= 15 is 0 Å². The Labute approximate surface area is 231 Å². The monoisotopic (exact) mass is 518 g/mol. The Morgan fingerprint density at radius 2 is 1.63 bits per heavy atom. The fraction of sp³-hybridized carbons (Fsp3) is 0.571. The molecule has 1 aliphatic carbocycles. The first-order valence-electron chi connectivity index (χ1n) is 14.9. The van der Waals surface area contributed by atoms with E-state index in [0.29, 0.717) is 6.42 Å². The molecule has 2 aromatic carbocycles. The quantitative estimate of drug-likeness (QED) is 0.279. The lowest BCUT2D eigenvalue weighted by molar-refractivity contribution is -0.129. The van der Waals surface area contributed by atoms with Gasteiger partial charge in [-0.1, -0.05) is 89.8 Å². The van der Waals surface area contributed by atoms with Crippen molar-refractivity contribution in [3.63, 3.8) is 0 Å². The molecule has 0 amide bonds. The van der Waals surface area contributed by atoms with Gasteiger partial charge in [-0.3, -0.25) is 14.4 Å². The van der Waals surface area contributed by atoms with Crippen LogP contribution in [0.5, 0.6) is 0 Å². The third kappa shape index (κ3) is 7.98. The molecule has 0 bridgehead atoms. The molecule has 0 aliphatic heterocycles. The van der Waals surface area contributed by atoms with Crippen molar-refractivity contribution < 1.29 is 14.4 Å². The normalized spacial score (nSPS) is 16.2. The summed E-state index contributed by atoms with van der Waals surface area (Å²) < 4.78 is 0. The van der Waals surface area contributed by atoms with Gasteiger partial charge in [0.2, 0.25) is 0 Å². The number of Topliss-reactive ketones (excluding diaryl/α,β-unsaturated/α-hetero) is 3. The molecule has 0 saturated carbocycles. The number of carbonyl (C=O) groups is 3. The van der Waals surface area contributed by atoms with Crippen LogP contribution in [0.2, 0.25) is 0 Å². The fourth-order valence-electron chi connectivity index (χ4n) is 6.24. The van der Waals surface area contributed by atoms with Gasteiger partial charge in [-0.05, 0) is 86.1 Å². The number of ketones is 3. The van der Waals surface area contributed by atoms with Crippen LogP contribution in [0.15, 0.2) is 30.3 Å². The molecule has 3 nitrogen and oxygen atoms in total. The zero-order valence-electron chi connectivity index (χ0n) is 25.2. The van der Waals surface area contributed by atoms with Crippen LogP contribution in [0, 0.1) is 31.6 Å². The van der Waals surface area contributed by atoms with Gasteiger partial charge in [0.1, 0.15) is 11.6 Å². The van der Waals surface area contributed by atoms with Gasteiger partial charge < -0.3 is 0 Å². The lowest BCUT2D eigenvalue weighted by Crippen LogP contribution is -2.30. The maximum Gasteiger partial charge on any atom is 0.163 e. The first-order valence-corrected chi connectivity index (χ1v) is 14.9. The molecule has 3 heteroatoms. The molecule has 3 atom stereocenters. The largest absolute Gasteiger partial charge is 0.300 e. The number of hydrogen-bond acceptors (Lipinski definition) is 3. The molecule has 0 aromatic heterocycles. The Hall–Kier alpha value is -2.55. The maximum atomic E-state index is 13.5. The number of benzene rings is 2. The molecule has 2 aromatic rings. The topological polar surface area (TPSA) is 51.2 Å². The Bertz CT molecular complexity index is 1110. The van der Waals surface area contributed by atoms with Gasteiger partial charge in [0, 0.05) is 17.9 Å². The Balaban J connectivity index is 0.00000161. The first kappa shape index (κ1) is 31.7. The van der Waals surface area contributed by atoms with Crippen LogP contribution in [-0.2, 0) is 22.4 Å². The molecule has 1 aliphatic rings. The molecular formula is C35H50O3. The summed E-state index contributed by atoms with van der Waals surface area (Å²) in [4.78, 5) is 38.0. The third-order valence-electron chi connectivity index (χ3n) is 7.84. The minimum Gasteiger partial charge on any atom is -0.300 e. The summed E-state index contributed by atoms with van der Waals surface area (Å²) in [6.45, 7) is 16.3. The second-order valence-electron chi connectivity index (χ2n) is 11.3. The fourth-order valence-corrected chi connectivity index (χ4v) is 6.24. The van der Waals surface area contributed by atoms with Gasteiger partial charge in [0.05, 0.1) is 6.42 Å². The lowest BCUT2D eigenvalue weighted by Gasteiger charge is -2.32. The molecule has 0 spiro atoms. The predicted molar refractivity (Wildman–Crippen MR) is 160 cm³/mol. The average Bonchev–Trinajstić information content (AvgIpc) is 2.84. The molecule has 0 radical (unpaired) electrons. The number of carbonyl (C=O) groups excluding carboxylic acids is 3. The molecule has 38 heavy (non-hydrogen) atoms. The van der Waals surface area contributed by atoms with Crippen molar-refractivity contribution in [3.05, 3.63) is 58.1 Å². The smallest absolute Gasteiger partial charge is 0.163 e. The Morgan fingerprint density at radius 1 is 0.947 bits per heavy atom. The predicted octanol–water partition coefficient (Wildman–Crippen LogP) is 9.08. The Morgan fingerprint density at radius 3 is 2.21 bits per heavy atom. The van der Waals surface area contributed by atoms with Gasteiger partial charge in [-0.25, -0.2) is 0 Å². The van der Waals surface area contributed by atoms with Crippen LogP contribution in [0.1, 0.15) is 119 Å². The highest BCUT2D eigenvalue weighted by Crippen LogP contribution is 2.41. The van der Waals surface area contributed by atoms with Crippen LogP contribution in [0.25, 0.3) is 11.1 Å². The van der Waals surface area contributed by atoms with Gasteiger partial charge in [0.15, 0.2) is 5.78 Å². The van der Waals surface area contributed by atoms with E-state index in [9.17, 15) is 14.4 Å². The van der Waals surface area contributed by atoms with Crippen molar-refractivity contribution >= 4 is 17.3 Å². The van der Waals surface area contributed by atoms with Crippen LogP contribution in [0.4, 0.5) is 0 Å². The zero-order valence-corrected chi connectivity index (χ0v) is 25.2. The van der Waals surface area contributed by atoms with E-state index in [2.05, 4.69) is 71.9 Å². The second-order valence-corrected chi connectivity index (χ2v) is 11.3. The van der Waals surface area contributed by atoms with Crippen molar-refractivity contribution in [3.8, 4) is 11.1 Å². The lowest BCUT2D eigenvalue weighted by atomic mass is 9.71. The molecule has 3 unspecified atom stereocenters. The molecule has 0 saturated heterocycles. The van der Waals surface area contributed by atoms with Crippen LogP contribution >= 0.6 is 0 Å². The number of rotatable bonds is 11. The minimum atomic E-state index is -0.101. The van der Waals surface area contributed by atoms with Gasteiger partial charge in [-0.2, -0.15) is 0 Å². The first-order chi connectivity index (χ1) is 18.1. The maximum absolute atomic E-state index is 13.5. The number of fused-ring (bicyclic) bond motifs is 1. The Kier molecular flexibility index (Phi) is 12.6. The summed E-state index contributed by atoms with van der Waals surface area (Å²) in [5.74, 6) is 0.589. The third-order valence-corrected chi connectivity index (χ3v) is 7.84. The highest BCUT2D eigenvalue weighted by Gasteiger charge is 2.34. The second kappa shape index (κ2) is 15.1. The van der Waals surface area contributed by atoms with E-state index < -0.39 is 0 Å². The number of aryl methyl sites for hydroxylation is 3. The van der Waals surface area contributed by atoms with E-state index in [4.69, 9.17) is 0 Å². The summed E-state index contributed by atoms with van der Waals surface area (Å²) in [5.41, 5.74) is 8.12.